The van der Waals surface area contributed by atoms with Gasteiger partial charge in [0.25, 0.3) is 6.43 Å². The van der Waals surface area contributed by atoms with Crippen molar-refractivity contribution in [1.29, 1.82) is 0 Å². The Labute approximate surface area is 87.4 Å². The molecule has 1 aromatic heterocycles. The Kier molecular flexibility index (Phi) is 3.16. The monoisotopic (exact) mass is 268 g/mol. The van der Waals surface area contributed by atoms with Crippen molar-refractivity contribution in [3.05, 3.63) is 28.2 Å². The molecule has 0 saturated heterocycles. The fourth-order valence-electron chi connectivity index (χ4n) is 0.918. The van der Waals surface area contributed by atoms with Gasteiger partial charge in [-0.25, -0.2) is 13.8 Å². The molecular formula is C8H8BrF3N2. The number of aromatic nitrogens is 1. The van der Waals surface area contributed by atoms with Crippen LogP contribution in [0.3, 0.4) is 0 Å². The fraction of sp³-hybridized carbons (Fsp3) is 0.375. The molecule has 2 N–H and O–H groups in total. The lowest BCUT2D eigenvalue weighted by Gasteiger charge is -2.23. The summed E-state index contributed by atoms with van der Waals surface area (Å²) in [6.07, 6.45) is -1.67. The molecule has 0 fully saturated rings. The zero-order chi connectivity index (χ0) is 10.9. The number of hydrogen-bond donors (Lipinski definition) is 1. The van der Waals surface area contributed by atoms with Gasteiger partial charge in [-0.3, -0.25) is 0 Å². The number of pyridine rings is 1. The molecule has 0 aliphatic carbocycles. The van der Waals surface area contributed by atoms with Crippen LogP contribution in [0.2, 0.25) is 0 Å². The van der Waals surface area contributed by atoms with Gasteiger partial charge >= 0.3 is 0 Å². The largest absolute Gasteiger partial charge is 0.317 e. The molecule has 78 valence electrons. The minimum absolute atomic E-state index is 0.304. The summed E-state index contributed by atoms with van der Waals surface area (Å²) in [5.74, 6) is -0.974. The van der Waals surface area contributed by atoms with Gasteiger partial charge in [-0.05, 0) is 28.9 Å². The van der Waals surface area contributed by atoms with Gasteiger partial charge in [0.05, 0.1) is 0 Å². The first-order valence-corrected chi connectivity index (χ1v) is 4.53. The van der Waals surface area contributed by atoms with Crippen LogP contribution in [0.1, 0.15) is 12.5 Å². The lowest BCUT2D eigenvalue weighted by atomic mass is 9.95. The van der Waals surface area contributed by atoms with Gasteiger partial charge in [-0.1, -0.05) is 0 Å². The summed E-state index contributed by atoms with van der Waals surface area (Å²) in [6, 6.07) is 1.20. The average Bonchev–Trinajstić information content (AvgIpc) is 2.08. The molecule has 1 heterocycles. The lowest BCUT2D eigenvalue weighted by molar-refractivity contribution is 0.0599. The molecule has 0 bridgehead atoms. The fourth-order valence-corrected chi connectivity index (χ4v) is 1.25. The SMILES string of the molecule is CC(N)(c1cc(Br)cnc1F)C(F)F. The molecule has 1 rings (SSSR count). The summed E-state index contributed by atoms with van der Waals surface area (Å²) in [5.41, 5.74) is 2.97. The van der Waals surface area contributed by atoms with Crippen LogP contribution < -0.4 is 5.73 Å². The van der Waals surface area contributed by atoms with Crippen molar-refractivity contribution in [2.75, 3.05) is 0 Å². The van der Waals surface area contributed by atoms with Crippen LogP contribution in [-0.2, 0) is 5.54 Å². The highest BCUT2D eigenvalue weighted by Gasteiger charge is 2.35. The van der Waals surface area contributed by atoms with Crippen molar-refractivity contribution in [3.8, 4) is 0 Å². The Morgan fingerprint density at radius 2 is 2.14 bits per heavy atom. The van der Waals surface area contributed by atoms with Crippen LogP contribution in [-0.4, -0.2) is 11.4 Å². The van der Waals surface area contributed by atoms with E-state index in [2.05, 4.69) is 20.9 Å². The van der Waals surface area contributed by atoms with Gasteiger partial charge in [-0.15, -0.1) is 0 Å². The van der Waals surface area contributed by atoms with Crippen LogP contribution in [0, 0.1) is 5.95 Å². The minimum atomic E-state index is -2.85. The summed E-state index contributed by atoms with van der Waals surface area (Å²) in [5, 5.41) is 0. The maximum Gasteiger partial charge on any atom is 0.260 e. The first-order chi connectivity index (χ1) is 6.35. The van der Waals surface area contributed by atoms with Crippen molar-refractivity contribution in [2.45, 2.75) is 18.9 Å². The zero-order valence-corrected chi connectivity index (χ0v) is 8.85. The van der Waals surface area contributed by atoms with E-state index in [1.54, 1.807) is 0 Å². The second kappa shape index (κ2) is 3.86. The molecule has 1 atom stereocenters. The Morgan fingerprint density at radius 1 is 1.57 bits per heavy atom. The number of hydrogen-bond acceptors (Lipinski definition) is 2. The molecule has 1 aromatic rings. The Hall–Kier alpha value is -0.620. The van der Waals surface area contributed by atoms with E-state index >= 15 is 0 Å². The highest BCUT2D eigenvalue weighted by molar-refractivity contribution is 9.10. The molecule has 0 aliphatic heterocycles. The number of alkyl halides is 2. The maximum atomic E-state index is 13.1. The summed E-state index contributed by atoms with van der Waals surface area (Å²) in [6.45, 7) is 1.06. The van der Waals surface area contributed by atoms with Crippen molar-refractivity contribution < 1.29 is 13.2 Å². The standard InChI is InChI=1S/C8H8BrF3N2/c1-8(13,7(11)12)5-2-4(9)3-14-6(5)10/h2-3,7H,13H2,1H3. The van der Waals surface area contributed by atoms with Gasteiger partial charge in [0.1, 0.15) is 5.54 Å². The predicted molar refractivity (Wildman–Crippen MR) is 49.4 cm³/mol. The minimum Gasteiger partial charge on any atom is -0.317 e. The van der Waals surface area contributed by atoms with Gasteiger partial charge in [0.15, 0.2) is 0 Å². The first-order valence-electron chi connectivity index (χ1n) is 3.74. The van der Waals surface area contributed by atoms with E-state index in [9.17, 15) is 13.2 Å². The van der Waals surface area contributed by atoms with Crippen molar-refractivity contribution in [3.63, 3.8) is 0 Å². The molecule has 2 nitrogen and oxygen atoms in total. The second-order valence-electron chi connectivity index (χ2n) is 3.08. The summed E-state index contributed by atoms with van der Waals surface area (Å²) >= 11 is 3.01. The van der Waals surface area contributed by atoms with E-state index in [1.807, 2.05) is 0 Å². The number of nitrogens with zero attached hydrogens (tertiary/aromatic N) is 1. The molecule has 1 unspecified atom stereocenters. The quantitative estimate of drug-likeness (QED) is 0.837. The number of nitrogens with two attached hydrogens (primary N) is 1. The maximum absolute atomic E-state index is 13.1. The molecule has 0 saturated carbocycles. The smallest absolute Gasteiger partial charge is 0.260 e. The highest BCUT2D eigenvalue weighted by atomic mass is 79.9. The van der Waals surface area contributed by atoms with Crippen LogP contribution in [0.25, 0.3) is 0 Å². The number of rotatable bonds is 2. The highest BCUT2D eigenvalue weighted by Crippen LogP contribution is 2.28. The normalized spacial score (nSPS) is 15.6. The van der Waals surface area contributed by atoms with Crippen molar-refractivity contribution >= 4 is 15.9 Å². The van der Waals surface area contributed by atoms with E-state index < -0.39 is 17.9 Å². The molecule has 0 amide bonds. The first kappa shape index (κ1) is 11.5. The van der Waals surface area contributed by atoms with Crippen LogP contribution >= 0.6 is 15.9 Å². The van der Waals surface area contributed by atoms with E-state index in [0.29, 0.717) is 4.47 Å². The van der Waals surface area contributed by atoms with Gasteiger partial charge in [0.2, 0.25) is 5.95 Å². The Morgan fingerprint density at radius 3 is 2.64 bits per heavy atom. The summed E-state index contributed by atoms with van der Waals surface area (Å²) in [7, 11) is 0. The van der Waals surface area contributed by atoms with Gasteiger partial charge in [0, 0.05) is 16.2 Å². The van der Waals surface area contributed by atoms with E-state index in [0.717, 1.165) is 6.92 Å². The van der Waals surface area contributed by atoms with Crippen LogP contribution in [0.5, 0.6) is 0 Å². The topological polar surface area (TPSA) is 38.9 Å². The average molecular weight is 269 g/mol. The third-order valence-corrected chi connectivity index (χ3v) is 2.27. The molecule has 6 heteroatoms. The van der Waals surface area contributed by atoms with Gasteiger partial charge in [-0.2, -0.15) is 4.39 Å². The van der Waals surface area contributed by atoms with Crippen molar-refractivity contribution in [1.82, 2.24) is 4.98 Å². The van der Waals surface area contributed by atoms with E-state index in [4.69, 9.17) is 5.73 Å². The lowest BCUT2D eigenvalue weighted by Crippen LogP contribution is -2.41. The molecule has 0 radical (unpaired) electrons. The zero-order valence-electron chi connectivity index (χ0n) is 7.27. The third kappa shape index (κ3) is 2.06. The Balaban J connectivity index is 3.24. The Bertz CT molecular complexity index is 341. The molecule has 0 aromatic carbocycles. The number of halogens is 4. The van der Waals surface area contributed by atoms with E-state index in [-0.39, 0.29) is 5.56 Å². The van der Waals surface area contributed by atoms with Gasteiger partial charge < -0.3 is 5.73 Å². The van der Waals surface area contributed by atoms with E-state index in [1.165, 1.54) is 12.3 Å². The molecule has 0 aliphatic rings. The molecule has 14 heavy (non-hydrogen) atoms. The van der Waals surface area contributed by atoms with Crippen LogP contribution in [0.15, 0.2) is 16.7 Å². The van der Waals surface area contributed by atoms with Crippen molar-refractivity contribution in [2.24, 2.45) is 5.73 Å². The summed E-state index contributed by atoms with van der Waals surface area (Å²) in [4.78, 5) is 3.30. The molecular weight excluding hydrogens is 261 g/mol. The summed E-state index contributed by atoms with van der Waals surface area (Å²) < 4.78 is 38.4. The second-order valence-corrected chi connectivity index (χ2v) is 3.99. The third-order valence-electron chi connectivity index (χ3n) is 1.84. The van der Waals surface area contributed by atoms with Crippen LogP contribution in [0.4, 0.5) is 13.2 Å². The molecule has 0 spiro atoms. The predicted octanol–water partition coefficient (Wildman–Crippen LogP) is 2.42.